The first-order valence-electron chi connectivity index (χ1n) is 11.0. The van der Waals surface area contributed by atoms with E-state index >= 15 is 0 Å². The molecule has 0 radical (unpaired) electrons. The second kappa shape index (κ2) is 9.61. The van der Waals surface area contributed by atoms with Gasteiger partial charge in [-0.15, -0.1) is 0 Å². The Bertz CT molecular complexity index is 609. The van der Waals surface area contributed by atoms with Gasteiger partial charge in [-0.1, -0.05) is 71.9 Å². The molecule has 166 valence electrons. The van der Waals surface area contributed by atoms with Crippen LogP contribution in [0.15, 0.2) is 30.3 Å². The van der Waals surface area contributed by atoms with Crippen molar-refractivity contribution in [1.29, 1.82) is 0 Å². The summed E-state index contributed by atoms with van der Waals surface area (Å²) in [6, 6.07) is 10.3. The van der Waals surface area contributed by atoms with E-state index in [-0.39, 0.29) is 22.2 Å². The van der Waals surface area contributed by atoms with Gasteiger partial charge in [0.15, 0.2) is 8.32 Å². The molecule has 1 fully saturated rings. The lowest BCUT2D eigenvalue weighted by Crippen LogP contribution is -2.59. The zero-order valence-corrected chi connectivity index (χ0v) is 20.9. The quantitative estimate of drug-likeness (QED) is 0.625. The van der Waals surface area contributed by atoms with Gasteiger partial charge in [-0.3, -0.25) is 0 Å². The van der Waals surface area contributed by atoms with Crippen LogP contribution < -0.4 is 5.32 Å². The molecule has 0 amide bonds. The summed E-state index contributed by atoms with van der Waals surface area (Å²) in [6.07, 6.45) is 1.12. The first-order valence-corrected chi connectivity index (χ1v) is 13.9. The molecule has 4 nitrogen and oxygen atoms in total. The van der Waals surface area contributed by atoms with Gasteiger partial charge < -0.3 is 19.2 Å². The van der Waals surface area contributed by atoms with Crippen LogP contribution in [0.2, 0.25) is 18.1 Å². The molecule has 0 saturated carbocycles. The van der Waals surface area contributed by atoms with E-state index in [0.717, 1.165) is 19.5 Å². The van der Waals surface area contributed by atoms with Crippen LogP contribution in [0.3, 0.4) is 0 Å². The highest BCUT2D eigenvalue weighted by molar-refractivity contribution is 6.74. The van der Waals surface area contributed by atoms with Crippen molar-refractivity contribution in [3.63, 3.8) is 0 Å². The Morgan fingerprint density at radius 3 is 2.34 bits per heavy atom. The standard InChI is InChI=1S/C24H43NO3Si/c1-22(2,3)24(19-26-17-20-12-10-9-11-13-20)18-25-16-21(14-15-27-24)28-29(7,8)23(4,5)6/h9-13,21,25H,14-19H2,1-8H3/t21-,24+/m1/s1. The molecule has 1 N–H and O–H groups in total. The minimum Gasteiger partial charge on any atom is -0.413 e. The number of rotatable bonds is 6. The largest absolute Gasteiger partial charge is 0.413 e. The maximum atomic E-state index is 6.64. The number of ether oxygens (including phenoxy) is 2. The monoisotopic (exact) mass is 421 g/mol. The fraction of sp³-hybridized carbons (Fsp3) is 0.750. The van der Waals surface area contributed by atoms with Gasteiger partial charge in [0, 0.05) is 19.7 Å². The van der Waals surface area contributed by atoms with E-state index in [9.17, 15) is 0 Å². The molecule has 1 saturated heterocycles. The Kier molecular flexibility index (Phi) is 8.13. The fourth-order valence-corrected chi connectivity index (χ4v) is 4.75. The summed E-state index contributed by atoms with van der Waals surface area (Å²) in [7, 11) is -1.78. The van der Waals surface area contributed by atoms with Gasteiger partial charge in [-0.25, -0.2) is 0 Å². The molecule has 0 aromatic heterocycles. The minimum atomic E-state index is -1.78. The number of nitrogens with one attached hydrogen (secondary N) is 1. The molecule has 1 aromatic rings. The lowest BCUT2D eigenvalue weighted by atomic mass is 9.76. The third-order valence-corrected chi connectivity index (χ3v) is 11.2. The van der Waals surface area contributed by atoms with Gasteiger partial charge in [0.1, 0.15) is 5.60 Å². The number of hydrogen-bond donors (Lipinski definition) is 1. The molecule has 0 aliphatic carbocycles. The summed E-state index contributed by atoms with van der Waals surface area (Å²) in [5.41, 5.74) is 0.797. The molecule has 2 rings (SSSR count). The topological polar surface area (TPSA) is 39.7 Å². The molecular formula is C24H43NO3Si. The first kappa shape index (κ1) is 24.5. The zero-order valence-electron chi connectivity index (χ0n) is 19.9. The van der Waals surface area contributed by atoms with E-state index in [1.165, 1.54) is 5.56 Å². The van der Waals surface area contributed by atoms with Crippen molar-refractivity contribution in [3.8, 4) is 0 Å². The number of benzene rings is 1. The Morgan fingerprint density at radius 2 is 1.76 bits per heavy atom. The zero-order chi connectivity index (χ0) is 21.8. The van der Waals surface area contributed by atoms with Crippen molar-refractivity contribution >= 4 is 8.32 Å². The number of hydrogen-bond acceptors (Lipinski definition) is 4. The lowest BCUT2D eigenvalue weighted by molar-refractivity contribution is -0.165. The maximum absolute atomic E-state index is 6.64. The highest BCUT2D eigenvalue weighted by Crippen LogP contribution is 2.39. The van der Waals surface area contributed by atoms with Crippen molar-refractivity contribution in [2.24, 2.45) is 5.41 Å². The van der Waals surface area contributed by atoms with E-state index in [1.54, 1.807) is 0 Å². The van der Waals surface area contributed by atoms with E-state index in [2.05, 4.69) is 84.2 Å². The Morgan fingerprint density at radius 1 is 1.10 bits per heavy atom. The van der Waals surface area contributed by atoms with Crippen molar-refractivity contribution < 1.29 is 13.9 Å². The maximum Gasteiger partial charge on any atom is 0.192 e. The summed E-state index contributed by atoms with van der Waals surface area (Å²) in [6.45, 7) is 21.8. The van der Waals surface area contributed by atoms with Gasteiger partial charge in [-0.2, -0.15) is 0 Å². The summed E-state index contributed by atoms with van der Waals surface area (Å²) in [4.78, 5) is 0. The molecule has 1 heterocycles. The van der Waals surface area contributed by atoms with Crippen LogP contribution in [0, 0.1) is 5.41 Å². The molecule has 5 heteroatoms. The van der Waals surface area contributed by atoms with Crippen molar-refractivity contribution in [1.82, 2.24) is 5.32 Å². The Hall–Kier alpha value is -0.723. The molecule has 0 unspecified atom stereocenters. The molecular weight excluding hydrogens is 378 g/mol. The average Bonchev–Trinajstić information content (AvgIpc) is 2.57. The van der Waals surface area contributed by atoms with Crippen LogP contribution >= 0.6 is 0 Å². The van der Waals surface area contributed by atoms with Gasteiger partial charge in [-0.05, 0) is 35.5 Å². The van der Waals surface area contributed by atoms with Crippen molar-refractivity contribution in [2.45, 2.75) is 84.4 Å². The van der Waals surface area contributed by atoms with E-state index < -0.39 is 8.32 Å². The van der Waals surface area contributed by atoms with Crippen LogP contribution in [-0.4, -0.2) is 46.3 Å². The first-order chi connectivity index (χ1) is 13.4. The highest BCUT2D eigenvalue weighted by Gasteiger charge is 2.45. The van der Waals surface area contributed by atoms with Gasteiger partial charge in [0.25, 0.3) is 0 Å². The van der Waals surface area contributed by atoms with Crippen LogP contribution in [0.4, 0.5) is 0 Å². The summed E-state index contributed by atoms with van der Waals surface area (Å²) < 4.78 is 19.3. The predicted molar refractivity (Wildman–Crippen MR) is 124 cm³/mol. The Labute approximate surface area is 179 Å². The molecule has 1 aromatic carbocycles. The van der Waals surface area contributed by atoms with Crippen LogP contribution in [0.1, 0.15) is 53.5 Å². The highest BCUT2D eigenvalue weighted by atomic mass is 28.4. The lowest BCUT2D eigenvalue weighted by Gasteiger charge is -2.47. The van der Waals surface area contributed by atoms with Crippen molar-refractivity contribution in [2.75, 3.05) is 26.3 Å². The van der Waals surface area contributed by atoms with Crippen LogP contribution in [0.25, 0.3) is 0 Å². The Balaban J connectivity index is 1.98. The SMILES string of the molecule is CC(C)(C)[C@@]1(COCc2ccccc2)CNC[C@H](O[Si](C)(C)C(C)(C)C)CCO1. The molecule has 1 aliphatic heterocycles. The molecule has 2 atom stereocenters. The summed E-state index contributed by atoms with van der Waals surface area (Å²) in [5, 5.41) is 3.87. The van der Waals surface area contributed by atoms with Gasteiger partial charge >= 0.3 is 0 Å². The van der Waals surface area contributed by atoms with E-state index in [1.807, 2.05) is 6.07 Å². The minimum absolute atomic E-state index is 0.0379. The summed E-state index contributed by atoms with van der Waals surface area (Å²) in [5.74, 6) is 0. The normalized spacial score (nSPS) is 24.8. The van der Waals surface area contributed by atoms with Crippen LogP contribution in [0.5, 0.6) is 0 Å². The third kappa shape index (κ3) is 6.63. The second-order valence-corrected chi connectivity index (χ2v) is 15.7. The molecule has 0 bridgehead atoms. The second-order valence-electron chi connectivity index (χ2n) is 11.0. The molecule has 29 heavy (non-hydrogen) atoms. The van der Waals surface area contributed by atoms with Gasteiger partial charge in [0.05, 0.1) is 19.3 Å². The smallest absolute Gasteiger partial charge is 0.192 e. The van der Waals surface area contributed by atoms with Gasteiger partial charge in [0.2, 0.25) is 0 Å². The fourth-order valence-electron chi connectivity index (χ4n) is 3.37. The predicted octanol–water partition coefficient (Wildman–Crippen LogP) is 5.39. The van der Waals surface area contributed by atoms with Crippen molar-refractivity contribution in [3.05, 3.63) is 35.9 Å². The van der Waals surface area contributed by atoms with Crippen LogP contribution in [-0.2, 0) is 20.5 Å². The van der Waals surface area contributed by atoms with E-state index in [0.29, 0.717) is 19.8 Å². The molecule has 1 aliphatic rings. The average molecular weight is 422 g/mol. The third-order valence-electron chi connectivity index (χ3n) is 6.68. The molecule has 0 spiro atoms. The summed E-state index contributed by atoms with van der Waals surface area (Å²) >= 11 is 0. The van der Waals surface area contributed by atoms with E-state index in [4.69, 9.17) is 13.9 Å².